The summed E-state index contributed by atoms with van der Waals surface area (Å²) in [5, 5.41) is 0. The molecule has 0 aliphatic carbocycles. The smallest absolute Gasteiger partial charge is 0.222 e. The molecule has 1 aromatic heterocycles. The van der Waals surface area contributed by atoms with Crippen LogP contribution in [0.5, 0.6) is 0 Å². The number of benzene rings is 1. The van der Waals surface area contributed by atoms with E-state index in [1.54, 1.807) is 6.33 Å². The molecule has 1 amide bonds. The van der Waals surface area contributed by atoms with E-state index in [9.17, 15) is 4.79 Å². The number of likely N-dealkylation sites (tertiary alicyclic amines) is 1. The maximum Gasteiger partial charge on any atom is 0.222 e. The van der Waals surface area contributed by atoms with Crippen molar-refractivity contribution in [1.29, 1.82) is 0 Å². The fourth-order valence-corrected chi connectivity index (χ4v) is 3.79. The molecule has 2 saturated heterocycles. The number of amides is 1. The van der Waals surface area contributed by atoms with Crippen LogP contribution in [0, 0.1) is 0 Å². The molecule has 26 heavy (non-hydrogen) atoms. The molecule has 3 heterocycles. The van der Waals surface area contributed by atoms with Gasteiger partial charge in [-0.2, -0.15) is 0 Å². The van der Waals surface area contributed by atoms with Crippen LogP contribution in [0.2, 0.25) is 0 Å². The van der Waals surface area contributed by atoms with Crippen LogP contribution in [-0.2, 0) is 4.79 Å². The minimum Gasteiger partial charge on any atom is -0.353 e. The molecule has 0 spiro atoms. The zero-order valence-corrected chi connectivity index (χ0v) is 15.4. The molecular weight excluding hydrogens is 350 g/mol. The number of piperidine rings is 1. The highest BCUT2D eigenvalue weighted by Crippen LogP contribution is 2.26. The summed E-state index contributed by atoms with van der Waals surface area (Å²) in [6.45, 7) is 2.27. The third-order valence-corrected chi connectivity index (χ3v) is 5.14. The molecule has 2 atom stereocenters. The summed E-state index contributed by atoms with van der Waals surface area (Å²) >= 11 is 0. The van der Waals surface area contributed by atoms with Crippen molar-refractivity contribution in [3.63, 3.8) is 0 Å². The summed E-state index contributed by atoms with van der Waals surface area (Å²) in [6.07, 6.45) is 4.31. The van der Waals surface area contributed by atoms with Crippen LogP contribution in [0.4, 0.5) is 5.82 Å². The van der Waals surface area contributed by atoms with Crippen molar-refractivity contribution in [2.75, 3.05) is 24.5 Å². The van der Waals surface area contributed by atoms with Crippen molar-refractivity contribution in [3.05, 3.63) is 42.7 Å². The van der Waals surface area contributed by atoms with Crippen LogP contribution in [0.1, 0.15) is 19.3 Å². The van der Waals surface area contributed by atoms with E-state index in [-0.39, 0.29) is 30.4 Å². The summed E-state index contributed by atoms with van der Waals surface area (Å²) < 4.78 is 0. The van der Waals surface area contributed by atoms with E-state index in [4.69, 9.17) is 5.73 Å². The van der Waals surface area contributed by atoms with Crippen LogP contribution in [0.3, 0.4) is 0 Å². The summed E-state index contributed by atoms with van der Waals surface area (Å²) in [7, 11) is 0. The van der Waals surface area contributed by atoms with Gasteiger partial charge in [0.1, 0.15) is 12.1 Å². The van der Waals surface area contributed by atoms with Crippen molar-refractivity contribution < 1.29 is 4.79 Å². The normalized spacial score (nSPS) is 23.0. The first-order chi connectivity index (χ1) is 12.2. The summed E-state index contributed by atoms with van der Waals surface area (Å²) in [6, 6.07) is 12.1. The van der Waals surface area contributed by atoms with Crippen molar-refractivity contribution in [2.45, 2.75) is 31.3 Å². The molecule has 0 unspecified atom stereocenters. The standard InChI is InChI=1S/C19H23N5O.ClH/c20-15-11-23(12-17(15)24-9-5-4-8-19(24)25)18-10-16(21-13-22-18)14-6-2-1-3-7-14;/h1-3,6-7,10,13,15,17H,4-5,8-9,11-12,20H2;1H/t15-,17-;/m0./s1. The number of carbonyl (C=O) groups excluding carboxylic acids is 1. The molecule has 1 aromatic carbocycles. The second-order valence-corrected chi connectivity index (χ2v) is 6.81. The average molecular weight is 374 g/mol. The molecule has 2 aliphatic rings. The number of anilines is 1. The van der Waals surface area contributed by atoms with Gasteiger partial charge in [0.25, 0.3) is 0 Å². The van der Waals surface area contributed by atoms with Gasteiger partial charge in [-0.05, 0) is 12.8 Å². The minimum absolute atomic E-state index is 0. The maximum absolute atomic E-state index is 12.2. The lowest BCUT2D eigenvalue weighted by atomic mass is 10.1. The lowest BCUT2D eigenvalue weighted by Gasteiger charge is -2.34. The highest BCUT2D eigenvalue weighted by molar-refractivity contribution is 5.85. The third-order valence-electron chi connectivity index (χ3n) is 5.14. The van der Waals surface area contributed by atoms with Gasteiger partial charge in [-0.25, -0.2) is 9.97 Å². The Morgan fingerprint density at radius 1 is 1.08 bits per heavy atom. The first-order valence-corrected chi connectivity index (χ1v) is 8.90. The molecular formula is C19H24ClN5O. The molecule has 2 aliphatic heterocycles. The van der Waals surface area contributed by atoms with Crippen LogP contribution < -0.4 is 10.6 Å². The Bertz CT molecular complexity index is 757. The van der Waals surface area contributed by atoms with E-state index in [0.29, 0.717) is 13.0 Å². The minimum atomic E-state index is -0.0443. The van der Waals surface area contributed by atoms with E-state index in [1.165, 1.54) is 0 Å². The van der Waals surface area contributed by atoms with Crippen LogP contribution in [0.15, 0.2) is 42.7 Å². The molecule has 7 heteroatoms. The second-order valence-electron chi connectivity index (χ2n) is 6.81. The quantitative estimate of drug-likeness (QED) is 0.891. The Balaban J connectivity index is 0.00000196. The number of carbonyl (C=O) groups is 1. The number of aromatic nitrogens is 2. The number of halogens is 1. The predicted octanol–water partition coefficient (Wildman–Crippen LogP) is 2.09. The van der Waals surface area contributed by atoms with E-state index >= 15 is 0 Å². The summed E-state index contributed by atoms with van der Waals surface area (Å²) in [5.41, 5.74) is 8.34. The van der Waals surface area contributed by atoms with Gasteiger partial charge in [0.15, 0.2) is 0 Å². The lowest BCUT2D eigenvalue weighted by molar-refractivity contribution is -0.135. The maximum atomic E-state index is 12.2. The molecule has 2 N–H and O–H groups in total. The van der Waals surface area contributed by atoms with E-state index < -0.39 is 0 Å². The largest absolute Gasteiger partial charge is 0.353 e. The van der Waals surface area contributed by atoms with Gasteiger partial charge in [0.2, 0.25) is 5.91 Å². The third kappa shape index (κ3) is 3.66. The monoisotopic (exact) mass is 373 g/mol. The first kappa shape index (κ1) is 18.6. The van der Waals surface area contributed by atoms with Gasteiger partial charge in [-0.15, -0.1) is 12.4 Å². The SMILES string of the molecule is Cl.N[C@H]1CN(c2cc(-c3ccccc3)ncn2)C[C@@H]1N1CCCCC1=O. The van der Waals surface area contributed by atoms with Crippen molar-refractivity contribution in [3.8, 4) is 11.3 Å². The zero-order chi connectivity index (χ0) is 17.2. The highest BCUT2D eigenvalue weighted by Gasteiger charge is 2.38. The van der Waals surface area contributed by atoms with Gasteiger partial charge < -0.3 is 15.5 Å². The molecule has 0 bridgehead atoms. The van der Waals surface area contributed by atoms with E-state index in [2.05, 4.69) is 14.9 Å². The highest BCUT2D eigenvalue weighted by atomic mass is 35.5. The van der Waals surface area contributed by atoms with E-state index in [1.807, 2.05) is 41.3 Å². The molecule has 6 nitrogen and oxygen atoms in total. The molecule has 4 rings (SSSR count). The Morgan fingerprint density at radius 3 is 2.65 bits per heavy atom. The Hall–Kier alpha value is -2.18. The number of hydrogen-bond acceptors (Lipinski definition) is 5. The number of nitrogens with two attached hydrogens (primary N) is 1. The molecule has 0 radical (unpaired) electrons. The number of rotatable bonds is 3. The van der Waals surface area contributed by atoms with E-state index in [0.717, 1.165) is 43.0 Å². The zero-order valence-electron chi connectivity index (χ0n) is 14.6. The van der Waals surface area contributed by atoms with Crippen LogP contribution in [0.25, 0.3) is 11.3 Å². The molecule has 0 saturated carbocycles. The van der Waals surface area contributed by atoms with Gasteiger partial charge >= 0.3 is 0 Å². The van der Waals surface area contributed by atoms with Gasteiger partial charge in [0.05, 0.1) is 11.7 Å². The fraction of sp³-hybridized carbons (Fsp3) is 0.421. The molecule has 138 valence electrons. The van der Waals surface area contributed by atoms with Gasteiger partial charge in [0, 0.05) is 43.7 Å². The van der Waals surface area contributed by atoms with Crippen LogP contribution in [-0.4, -0.2) is 52.5 Å². The fourth-order valence-electron chi connectivity index (χ4n) is 3.79. The van der Waals surface area contributed by atoms with Gasteiger partial charge in [-0.3, -0.25) is 4.79 Å². The Labute approximate surface area is 159 Å². The predicted molar refractivity (Wildman–Crippen MR) is 104 cm³/mol. The number of nitrogens with zero attached hydrogens (tertiary/aromatic N) is 4. The first-order valence-electron chi connectivity index (χ1n) is 8.90. The van der Waals surface area contributed by atoms with Crippen molar-refractivity contribution in [1.82, 2.24) is 14.9 Å². The van der Waals surface area contributed by atoms with Crippen molar-refractivity contribution >= 4 is 24.1 Å². The lowest BCUT2D eigenvalue weighted by Crippen LogP contribution is -2.51. The topological polar surface area (TPSA) is 75.3 Å². The second kappa shape index (κ2) is 8.01. The Kier molecular flexibility index (Phi) is 5.74. The van der Waals surface area contributed by atoms with Crippen molar-refractivity contribution in [2.24, 2.45) is 5.73 Å². The summed E-state index contributed by atoms with van der Waals surface area (Å²) in [5.74, 6) is 1.11. The summed E-state index contributed by atoms with van der Waals surface area (Å²) in [4.78, 5) is 25.2. The van der Waals surface area contributed by atoms with Crippen LogP contribution >= 0.6 is 12.4 Å². The van der Waals surface area contributed by atoms with Gasteiger partial charge in [-0.1, -0.05) is 30.3 Å². The number of hydrogen-bond donors (Lipinski definition) is 1. The molecule has 2 fully saturated rings. The average Bonchev–Trinajstić information content (AvgIpc) is 3.05. The molecule has 2 aromatic rings. The Morgan fingerprint density at radius 2 is 1.88 bits per heavy atom.